The number of carbonyl (C=O) groups is 2. The maximum atomic E-state index is 12.5. The lowest BCUT2D eigenvalue weighted by Crippen LogP contribution is -2.46. The molecule has 1 amide bonds. The van der Waals surface area contributed by atoms with Gasteiger partial charge in [0.25, 0.3) is 0 Å². The minimum atomic E-state index is -4.37. The van der Waals surface area contributed by atoms with E-state index in [0.717, 1.165) is 4.31 Å². The number of rotatable bonds is 7. The smallest absolute Gasteiger partial charge is 0.422 e. The Morgan fingerprint density at radius 2 is 1.77 bits per heavy atom. The lowest BCUT2D eigenvalue weighted by atomic mass is 10.2. The van der Waals surface area contributed by atoms with Crippen molar-refractivity contribution < 1.29 is 32.6 Å². The topological polar surface area (TPSA) is 122 Å². The van der Waals surface area contributed by atoms with E-state index in [0.29, 0.717) is 5.56 Å². The second kappa shape index (κ2) is 8.86. The average molecular weight is 388 g/mol. The third-order valence-electron chi connectivity index (χ3n) is 2.86. The van der Waals surface area contributed by atoms with E-state index in [9.17, 15) is 23.1 Å². The second-order valence-corrected chi connectivity index (χ2v) is 8.02. The number of benzene rings is 1. The quantitative estimate of drug-likeness (QED) is 0.679. The van der Waals surface area contributed by atoms with Gasteiger partial charge in [-0.15, -0.1) is 0 Å². The summed E-state index contributed by atoms with van der Waals surface area (Å²) in [6.07, 6.45) is -1.16. The highest BCUT2D eigenvalue weighted by Crippen LogP contribution is 2.14. The van der Waals surface area contributed by atoms with Crippen molar-refractivity contribution >= 4 is 22.3 Å². The molecule has 0 saturated carbocycles. The molecule has 26 heavy (non-hydrogen) atoms. The van der Waals surface area contributed by atoms with Crippen LogP contribution in [0.5, 0.6) is 5.75 Å². The van der Waals surface area contributed by atoms with Crippen molar-refractivity contribution in [3.8, 4) is 5.75 Å². The van der Waals surface area contributed by atoms with E-state index in [4.69, 9.17) is 9.47 Å². The minimum Gasteiger partial charge on any atom is -0.508 e. The molecule has 0 radical (unpaired) electrons. The molecule has 9 nitrogen and oxygen atoms in total. The molecule has 1 aromatic carbocycles. The van der Waals surface area contributed by atoms with Gasteiger partial charge in [-0.05, 0) is 45.4 Å². The van der Waals surface area contributed by atoms with Crippen molar-refractivity contribution in [3.63, 3.8) is 0 Å². The number of hydrogen-bond acceptors (Lipinski definition) is 7. The van der Waals surface area contributed by atoms with Crippen molar-refractivity contribution in [2.45, 2.75) is 39.8 Å². The van der Waals surface area contributed by atoms with E-state index < -0.39 is 34.4 Å². The van der Waals surface area contributed by atoms with Crippen molar-refractivity contribution in [1.29, 1.82) is 0 Å². The van der Waals surface area contributed by atoms with E-state index in [1.54, 1.807) is 32.4 Å². The molecule has 10 heteroatoms. The zero-order valence-electron chi connectivity index (χ0n) is 15.2. The monoisotopic (exact) mass is 388 g/mol. The summed E-state index contributed by atoms with van der Waals surface area (Å²) in [6.45, 7) is 5.65. The fraction of sp³-hybridized carbons (Fsp3) is 0.500. The second-order valence-electron chi connectivity index (χ2n) is 6.35. The van der Waals surface area contributed by atoms with Crippen LogP contribution < -0.4 is 4.72 Å². The van der Waals surface area contributed by atoms with Gasteiger partial charge in [-0.25, -0.2) is 9.52 Å². The first kappa shape index (κ1) is 21.7. The van der Waals surface area contributed by atoms with Crippen molar-refractivity contribution in [1.82, 2.24) is 9.03 Å². The molecule has 0 aromatic heterocycles. The minimum absolute atomic E-state index is 0.0143. The third kappa shape index (κ3) is 7.70. The Morgan fingerprint density at radius 1 is 1.19 bits per heavy atom. The summed E-state index contributed by atoms with van der Waals surface area (Å²) in [5.74, 6) is -0.749. The summed E-state index contributed by atoms with van der Waals surface area (Å²) in [6, 6.07) is 5.75. The van der Waals surface area contributed by atoms with Gasteiger partial charge in [-0.1, -0.05) is 12.1 Å². The first-order chi connectivity index (χ1) is 11.9. The summed E-state index contributed by atoms with van der Waals surface area (Å²) in [5, 5.41) is 9.31. The fourth-order valence-corrected chi connectivity index (χ4v) is 2.83. The largest absolute Gasteiger partial charge is 0.508 e. The van der Waals surface area contributed by atoms with E-state index >= 15 is 0 Å². The van der Waals surface area contributed by atoms with Crippen LogP contribution in [-0.4, -0.2) is 48.6 Å². The number of phenolic OH excluding ortho intramolecular Hbond substituents is 1. The maximum absolute atomic E-state index is 12.5. The normalized spacial score (nSPS) is 11.9. The predicted octanol–water partition coefficient (Wildman–Crippen LogP) is 1.53. The molecule has 1 aromatic rings. The van der Waals surface area contributed by atoms with Gasteiger partial charge in [0.15, 0.2) is 0 Å². The zero-order valence-corrected chi connectivity index (χ0v) is 16.0. The van der Waals surface area contributed by atoms with E-state index in [2.05, 4.69) is 0 Å². The van der Waals surface area contributed by atoms with Crippen LogP contribution >= 0.6 is 0 Å². The third-order valence-corrected chi connectivity index (χ3v) is 4.22. The molecule has 0 aliphatic heterocycles. The maximum Gasteiger partial charge on any atom is 0.422 e. The summed E-state index contributed by atoms with van der Waals surface area (Å²) in [4.78, 5) is 23.5. The van der Waals surface area contributed by atoms with Crippen molar-refractivity contribution in [2.75, 3.05) is 13.2 Å². The number of nitrogens with zero attached hydrogens (tertiary/aromatic N) is 1. The zero-order chi connectivity index (χ0) is 20.0. The van der Waals surface area contributed by atoms with Crippen molar-refractivity contribution in [2.24, 2.45) is 0 Å². The number of nitrogens with one attached hydrogen (secondary N) is 1. The number of phenols is 1. The SMILES string of the molecule is CCOC(=O)CN(Cc1ccc(O)cc1)S(=O)(=O)NC(=O)OC(C)(C)C. The Bertz CT molecular complexity index is 724. The van der Waals surface area contributed by atoms with Crippen LogP contribution in [0.1, 0.15) is 33.3 Å². The van der Waals surface area contributed by atoms with Gasteiger partial charge in [0, 0.05) is 6.54 Å². The highest BCUT2D eigenvalue weighted by Gasteiger charge is 2.29. The summed E-state index contributed by atoms with van der Waals surface area (Å²) >= 11 is 0. The molecule has 0 unspecified atom stereocenters. The Hall–Kier alpha value is -2.33. The molecule has 1 rings (SSSR count). The number of hydrogen-bond donors (Lipinski definition) is 2. The van der Waals surface area contributed by atoms with Gasteiger partial charge >= 0.3 is 22.3 Å². The Balaban J connectivity index is 2.99. The molecule has 0 spiro atoms. The van der Waals surface area contributed by atoms with Crippen LogP contribution in [0.2, 0.25) is 0 Å². The van der Waals surface area contributed by atoms with Crippen LogP contribution in [0.15, 0.2) is 24.3 Å². The van der Waals surface area contributed by atoms with Crippen LogP contribution in [0.4, 0.5) is 4.79 Å². The summed E-state index contributed by atoms with van der Waals surface area (Å²) in [7, 11) is -4.37. The molecule has 0 heterocycles. The van der Waals surface area contributed by atoms with Crippen LogP contribution in [0.3, 0.4) is 0 Å². The lowest BCUT2D eigenvalue weighted by molar-refractivity contribution is -0.143. The molecule has 0 aliphatic rings. The number of carbonyl (C=O) groups excluding carboxylic acids is 2. The van der Waals surface area contributed by atoms with Gasteiger partial charge in [0.1, 0.15) is 17.9 Å². The van der Waals surface area contributed by atoms with Crippen LogP contribution in [0, 0.1) is 0 Å². The highest BCUT2D eigenvalue weighted by atomic mass is 32.2. The van der Waals surface area contributed by atoms with E-state index in [1.807, 2.05) is 0 Å². The number of amides is 1. The highest BCUT2D eigenvalue weighted by molar-refractivity contribution is 7.87. The Labute approximate surface area is 153 Å². The number of ether oxygens (including phenoxy) is 2. The first-order valence-corrected chi connectivity index (χ1v) is 9.31. The molecule has 0 saturated heterocycles. The van der Waals surface area contributed by atoms with E-state index in [1.165, 1.54) is 24.3 Å². The molecule has 0 atom stereocenters. The Morgan fingerprint density at radius 3 is 2.27 bits per heavy atom. The average Bonchev–Trinajstić information content (AvgIpc) is 2.46. The van der Waals surface area contributed by atoms with Crippen LogP contribution in [-0.2, 0) is 31.0 Å². The van der Waals surface area contributed by atoms with Crippen molar-refractivity contribution in [3.05, 3.63) is 29.8 Å². The number of aromatic hydroxyl groups is 1. The summed E-state index contributed by atoms with van der Waals surface area (Å²) < 4.78 is 37.2. The van der Waals surface area contributed by atoms with Gasteiger partial charge in [-0.2, -0.15) is 12.7 Å². The molecular formula is C16H24N2O7S. The predicted molar refractivity (Wildman–Crippen MR) is 93.4 cm³/mol. The molecule has 0 fully saturated rings. The fourth-order valence-electron chi connectivity index (χ4n) is 1.85. The van der Waals surface area contributed by atoms with Gasteiger partial charge in [0.05, 0.1) is 6.61 Å². The molecule has 0 aliphatic carbocycles. The molecule has 0 bridgehead atoms. The molecular weight excluding hydrogens is 364 g/mol. The lowest BCUT2D eigenvalue weighted by Gasteiger charge is -2.24. The van der Waals surface area contributed by atoms with Gasteiger partial charge in [-0.3, -0.25) is 4.79 Å². The standard InChI is InChI=1S/C16H24N2O7S/c1-5-24-14(20)11-18(10-12-6-8-13(19)9-7-12)26(22,23)17-15(21)25-16(2,3)4/h6-9,19H,5,10-11H2,1-4H3,(H,17,21). The van der Waals surface area contributed by atoms with Gasteiger partial charge in [0.2, 0.25) is 0 Å². The Kier molecular flexibility index (Phi) is 7.40. The number of esters is 1. The molecule has 146 valence electrons. The van der Waals surface area contributed by atoms with Gasteiger partial charge < -0.3 is 14.6 Å². The van der Waals surface area contributed by atoms with Crippen LogP contribution in [0.25, 0.3) is 0 Å². The molecule has 2 N–H and O–H groups in total. The summed E-state index contributed by atoms with van der Waals surface area (Å²) in [5.41, 5.74) is -0.385. The van der Waals surface area contributed by atoms with E-state index in [-0.39, 0.29) is 18.9 Å². The first-order valence-electron chi connectivity index (χ1n) is 7.87.